The number of Topliss-reactive ketones (excluding diaryl/α,β-unsaturated/α-hetero) is 4. The van der Waals surface area contributed by atoms with E-state index in [1.807, 2.05) is 0 Å². The van der Waals surface area contributed by atoms with Gasteiger partial charge in [0.1, 0.15) is 17.9 Å². The van der Waals surface area contributed by atoms with Gasteiger partial charge in [-0.2, -0.15) is 0 Å². The van der Waals surface area contributed by atoms with Crippen molar-refractivity contribution >= 4 is 41.1 Å². The van der Waals surface area contributed by atoms with E-state index in [1.165, 1.54) is 18.2 Å². The molecule has 5 rings (SSSR count). The molecule has 16 heteroatoms. The predicted molar refractivity (Wildman–Crippen MR) is 126 cm³/mol. The van der Waals surface area contributed by atoms with Crippen LogP contribution in [-0.2, 0) is 39.9 Å². The first-order chi connectivity index (χ1) is 19.6. The Bertz CT molecular complexity index is 1440. The number of amides is 2. The maximum absolute atomic E-state index is 13.7. The van der Waals surface area contributed by atoms with E-state index >= 15 is 0 Å². The van der Waals surface area contributed by atoms with Crippen LogP contribution in [0.25, 0.3) is 0 Å². The number of hydrogen-bond donors (Lipinski definition) is 3. The van der Waals surface area contributed by atoms with Gasteiger partial charge in [-0.15, -0.1) is 13.2 Å². The van der Waals surface area contributed by atoms with E-state index < -0.39 is 101 Å². The van der Waals surface area contributed by atoms with Crippen molar-refractivity contribution in [2.45, 2.75) is 49.8 Å². The summed E-state index contributed by atoms with van der Waals surface area (Å²) in [4.78, 5) is 91.3. The van der Waals surface area contributed by atoms with Crippen molar-refractivity contribution in [1.82, 2.24) is 4.90 Å². The number of aliphatic hydroxyl groups is 1. The number of ether oxygens (including phenoxy) is 2. The summed E-state index contributed by atoms with van der Waals surface area (Å²) < 4.78 is 47.0. The number of nitrogens with two attached hydrogens (primary N) is 1. The standard InChI is InChI=1S/C26H23F3N2O11/c27-26(28,29)42-24(39)31-6-2-4-12(31)23(38)41-19-10-7-9-3-1-5-13(32)15(9)18(34)16(10)20(35)25(40)11(19)8-14(33)17(21(25)36)22(30)37/h1,3,5,10-12,16-17,19,32,40H,2,4,6-8H2,(H2,30,37)/t10-,11-,12?,16?,17?,19+,25+/m1/s1. The van der Waals surface area contributed by atoms with E-state index in [0.717, 1.165) is 0 Å². The minimum absolute atomic E-state index is 0.0810. The van der Waals surface area contributed by atoms with Crippen LogP contribution in [0.5, 0.6) is 5.75 Å². The summed E-state index contributed by atoms with van der Waals surface area (Å²) in [7, 11) is 0. The zero-order chi connectivity index (χ0) is 30.9. The lowest BCUT2D eigenvalue weighted by Gasteiger charge is -2.52. The van der Waals surface area contributed by atoms with Crippen molar-refractivity contribution in [3.8, 4) is 5.75 Å². The molecular weight excluding hydrogens is 573 g/mol. The Hall–Kier alpha value is -4.34. The lowest BCUT2D eigenvalue weighted by atomic mass is 9.52. The van der Waals surface area contributed by atoms with Crippen LogP contribution in [-0.4, -0.2) is 86.9 Å². The van der Waals surface area contributed by atoms with Gasteiger partial charge in [-0.25, -0.2) is 9.59 Å². The molecule has 0 aromatic heterocycles. The average molecular weight is 596 g/mol. The van der Waals surface area contributed by atoms with Crippen LogP contribution in [0.1, 0.15) is 35.2 Å². The number of rotatable bonds is 3. The van der Waals surface area contributed by atoms with Crippen molar-refractivity contribution in [2.24, 2.45) is 29.4 Å². The first-order valence-electron chi connectivity index (χ1n) is 12.8. The van der Waals surface area contributed by atoms with Crippen LogP contribution in [0.4, 0.5) is 18.0 Å². The van der Waals surface area contributed by atoms with Crippen LogP contribution in [0, 0.1) is 23.7 Å². The van der Waals surface area contributed by atoms with Gasteiger partial charge in [-0.1, -0.05) is 12.1 Å². The second-order valence-electron chi connectivity index (χ2n) is 10.7. The molecule has 3 unspecified atom stereocenters. The van der Waals surface area contributed by atoms with Crippen LogP contribution in [0.3, 0.4) is 0 Å². The highest BCUT2D eigenvalue weighted by Gasteiger charge is 2.70. The molecule has 1 heterocycles. The lowest BCUT2D eigenvalue weighted by molar-refractivity contribution is -0.295. The number of esters is 1. The largest absolute Gasteiger partial charge is 0.576 e. The van der Waals surface area contributed by atoms with E-state index in [4.69, 9.17) is 10.5 Å². The average Bonchev–Trinajstić information content (AvgIpc) is 3.38. The number of ketones is 4. The zero-order valence-corrected chi connectivity index (χ0v) is 21.5. The smallest absolute Gasteiger partial charge is 0.507 e. The molecule has 2 saturated carbocycles. The third kappa shape index (κ3) is 4.40. The second kappa shape index (κ2) is 9.89. The highest BCUT2D eigenvalue weighted by atomic mass is 19.4. The Morgan fingerprint density at radius 2 is 1.76 bits per heavy atom. The van der Waals surface area contributed by atoms with Gasteiger partial charge in [-0.3, -0.25) is 28.9 Å². The molecular formula is C26H23F3N2O11. The number of likely N-dealkylation sites (tertiary alicyclic amines) is 1. The van der Waals surface area contributed by atoms with Crippen LogP contribution < -0.4 is 5.73 Å². The topological polar surface area (TPSA) is 208 Å². The summed E-state index contributed by atoms with van der Waals surface area (Å²) >= 11 is 0. The molecule has 4 N–H and O–H groups in total. The van der Waals surface area contributed by atoms with Crippen molar-refractivity contribution in [3.05, 3.63) is 29.3 Å². The Kier molecular flexibility index (Phi) is 6.87. The van der Waals surface area contributed by atoms with E-state index in [-0.39, 0.29) is 36.9 Å². The Balaban J connectivity index is 1.56. The van der Waals surface area contributed by atoms with Crippen molar-refractivity contribution < 1.29 is 66.4 Å². The van der Waals surface area contributed by atoms with Gasteiger partial charge in [0, 0.05) is 24.8 Å². The van der Waals surface area contributed by atoms with Crippen LogP contribution in [0.15, 0.2) is 18.2 Å². The minimum atomic E-state index is -5.34. The molecule has 4 aliphatic rings. The number of carbonyl (C=O) groups excluding carboxylic acids is 7. The number of aromatic hydroxyl groups is 1. The number of carbonyl (C=O) groups is 7. The minimum Gasteiger partial charge on any atom is -0.507 e. The maximum Gasteiger partial charge on any atom is 0.576 e. The molecule has 2 amide bonds. The highest BCUT2D eigenvalue weighted by Crippen LogP contribution is 2.51. The number of phenolic OH excluding ortho intramolecular Hbond substituents is 1. The first kappa shape index (κ1) is 29.2. The number of alkyl halides is 3. The highest BCUT2D eigenvalue weighted by molar-refractivity contribution is 6.31. The third-order valence-corrected chi connectivity index (χ3v) is 8.43. The molecule has 1 saturated heterocycles. The zero-order valence-electron chi connectivity index (χ0n) is 21.5. The number of phenols is 1. The predicted octanol–water partition coefficient (Wildman–Crippen LogP) is -0.0306. The fourth-order valence-electron chi connectivity index (χ4n) is 6.66. The number of benzene rings is 1. The molecule has 1 aromatic rings. The number of hydrogen-bond acceptors (Lipinski definition) is 11. The monoisotopic (exact) mass is 596 g/mol. The van der Waals surface area contributed by atoms with Gasteiger partial charge in [0.05, 0.1) is 11.5 Å². The third-order valence-electron chi connectivity index (χ3n) is 8.43. The van der Waals surface area contributed by atoms with E-state index in [2.05, 4.69) is 4.74 Å². The molecule has 0 spiro atoms. The second-order valence-corrected chi connectivity index (χ2v) is 10.7. The number of fused-ring (bicyclic) bond motifs is 3. The first-order valence-corrected chi connectivity index (χ1v) is 12.8. The van der Waals surface area contributed by atoms with Gasteiger partial charge in [0.2, 0.25) is 5.91 Å². The molecule has 0 radical (unpaired) electrons. The SMILES string of the molecule is NC(=O)C1C(=O)C[C@@H]2[C@@H](OC(=O)C3CCCN3C(=O)OC(F)(F)F)[C@@H]3Cc4cccc(O)c4C(=O)C3C(=O)[C@]2(O)C1=O. The molecule has 3 fully saturated rings. The Labute approximate surface area is 233 Å². The molecule has 0 bridgehead atoms. The normalized spacial score (nSPS) is 32.5. The maximum atomic E-state index is 13.7. The molecule has 13 nitrogen and oxygen atoms in total. The van der Waals surface area contributed by atoms with E-state index in [1.54, 1.807) is 0 Å². The summed E-state index contributed by atoms with van der Waals surface area (Å²) in [6, 6.07) is 2.41. The lowest BCUT2D eigenvalue weighted by Crippen LogP contribution is -2.72. The molecule has 1 aromatic carbocycles. The fraction of sp³-hybridized carbons (Fsp3) is 0.500. The van der Waals surface area contributed by atoms with Gasteiger partial charge < -0.3 is 25.4 Å². The van der Waals surface area contributed by atoms with Crippen molar-refractivity contribution in [3.63, 3.8) is 0 Å². The number of primary amides is 1. The molecule has 3 aliphatic carbocycles. The van der Waals surface area contributed by atoms with Crippen LogP contribution in [0.2, 0.25) is 0 Å². The van der Waals surface area contributed by atoms with Crippen molar-refractivity contribution in [2.75, 3.05) is 6.54 Å². The molecule has 7 atom stereocenters. The van der Waals surface area contributed by atoms with Crippen LogP contribution >= 0.6 is 0 Å². The van der Waals surface area contributed by atoms with E-state index in [0.29, 0.717) is 4.90 Å². The summed E-state index contributed by atoms with van der Waals surface area (Å²) in [5, 5.41) is 21.9. The summed E-state index contributed by atoms with van der Waals surface area (Å²) in [6.45, 7) is -0.306. The van der Waals surface area contributed by atoms with E-state index in [9.17, 15) is 56.9 Å². The summed E-state index contributed by atoms with van der Waals surface area (Å²) in [5.41, 5.74) is 1.94. The quantitative estimate of drug-likeness (QED) is 0.312. The van der Waals surface area contributed by atoms with Crippen molar-refractivity contribution in [1.29, 1.82) is 0 Å². The molecule has 224 valence electrons. The summed E-state index contributed by atoms with van der Waals surface area (Å²) in [6.07, 6.45) is -10.1. The van der Waals surface area contributed by atoms with Gasteiger partial charge >= 0.3 is 18.4 Å². The Morgan fingerprint density at radius 1 is 1.07 bits per heavy atom. The fourth-order valence-corrected chi connectivity index (χ4v) is 6.66. The Morgan fingerprint density at radius 3 is 2.40 bits per heavy atom. The number of halogens is 3. The van der Waals surface area contributed by atoms with Gasteiger partial charge in [-0.05, 0) is 30.9 Å². The summed E-state index contributed by atoms with van der Waals surface area (Å²) in [5.74, 6) is -15.5. The van der Waals surface area contributed by atoms with Gasteiger partial charge in [0.25, 0.3) is 0 Å². The van der Waals surface area contributed by atoms with Gasteiger partial charge in [0.15, 0.2) is 34.7 Å². The molecule has 1 aliphatic heterocycles. The molecule has 42 heavy (non-hydrogen) atoms. The number of nitrogens with zero attached hydrogens (tertiary/aromatic N) is 1.